The molecule has 5 heteroatoms. The molecule has 1 aliphatic heterocycles. The fourth-order valence-electron chi connectivity index (χ4n) is 2.43. The smallest absolute Gasteiger partial charge is 0.265 e. The van der Waals surface area contributed by atoms with E-state index in [0.717, 1.165) is 23.5 Å². The maximum Gasteiger partial charge on any atom is 0.265 e. The van der Waals surface area contributed by atoms with Crippen LogP contribution in [0.1, 0.15) is 29.1 Å². The third-order valence-corrected chi connectivity index (χ3v) is 4.73. The topological polar surface area (TPSA) is 49.6 Å². The molecule has 0 aromatic carbocycles. The van der Waals surface area contributed by atoms with E-state index in [2.05, 4.69) is 37.6 Å². The Morgan fingerprint density at radius 1 is 1.45 bits per heavy atom. The van der Waals surface area contributed by atoms with Crippen LogP contribution in [0.3, 0.4) is 0 Å². The molecule has 2 unspecified atom stereocenters. The third-order valence-electron chi connectivity index (χ3n) is 3.83. The molecular weight excluding hydrogens is 270 g/mol. The number of likely N-dealkylation sites (N-methyl/N-ethyl adjacent to an activating group) is 1. The first-order valence-corrected chi connectivity index (χ1v) is 7.70. The second-order valence-corrected chi connectivity index (χ2v) is 6.16. The summed E-state index contributed by atoms with van der Waals surface area (Å²) >= 11 is 1.46. The number of carbonyl (C=O) groups is 1. The molecule has 2 N–H and O–H groups in total. The summed E-state index contributed by atoms with van der Waals surface area (Å²) in [7, 11) is 2.11. The molecule has 0 saturated carbocycles. The minimum atomic E-state index is 0.0909. The van der Waals surface area contributed by atoms with Gasteiger partial charge in [0.25, 0.3) is 5.91 Å². The van der Waals surface area contributed by atoms with E-state index < -0.39 is 0 Å². The van der Waals surface area contributed by atoms with Gasteiger partial charge in [-0.15, -0.1) is 11.3 Å². The van der Waals surface area contributed by atoms with Crippen LogP contribution in [0.15, 0.2) is 11.4 Å². The van der Waals surface area contributed by atoms with Gasteiger partial charge in [0.05, 0.1) is 6.54 Å². The standard InChI is InChI=1S/C15H21N3OS/c1-11-9-18(10-12(2)17(11)3)15(19)14-13(5-4-7-16)6-8-20-14/h6,8,11-12H,7,9-10,16H2,1-3H3. The van der Waals surface area contributed by atoms with Crippen LogP contribution in [0.4, 0.5) is 0 Å². The van der Waals surface area contributed by atoms with Crippen molar-refractivity contribution in [2.45, 2.75) is 25.9 Å². The summed E-state index contributed by atoms with van der Waals surface area (Å²) in [6, 6.07) is 2.64. The highest BCUT2D eigenvalue weighted by Crippen LogP contribution is 2.21. The second kappa shape index (κ2) is 6.40. The van der Waals surface area contributed by atoms with E-state index in [0.29, 0.717) is 18.6 Å². The fraction of sp³-hybridized carbons (Fsp3) is 0.533. The summed E-state index contributed by atoms with van der Waals surface area (Å²) in [6.45, 7) is 6.15. The van der Waals surface area contributed by atoms with E-state index in [4.69, 9.17) is 5.73 Å². The molecule has 0 radical (unpaired) electrons. The summed E-state index contributed by atoms with van der Waals surface area (Å²) in [4.78, 5) is 17.6. The van der Waals surface area contributed by atoms with Crippen LogP contribution in [-0.4, -0.2) is 54.5 Å². The number of piperazine rings is 1. The van der Waals surface area contributed by atoms with Crippen LogP contribution in [0, 0.1) is 11.8 Å². The van der Waals surface area contributed by atoms with Crippen molar-refractivity contribution in [2.24, 2.45) is 5.73 Å². The number of hydrogen-bond acceptors (Lipinski definition) is 4. The van der Waals surface area contributed by atoms with Crippen molar-refractivity contribution in [3.05, 3.63) is 21.9 Å². The zero-order valence-electron chi connectivity index (χ0n) is 12.2. The zero-order chi connectivity index (χ0) is 14.7. The van der Waals surface area contributed by atoms with Crippen LogP contribution in [0.2, 0.25) is 0 Å². The lowest BCUT2D eigenvalue weighted by Gasteiger charge is -2.42. The Hall–Kier alpha value is -1.35. The zero-order valence-corrected chi connectivity index (χ0v) is 13.0. The molecule has 1 aromatic heterocycles. The lowest BCUT2D eigenvalue weighted by Crippen LogP contribution is -2.56. The number of amides is 1. The molecule has 1 amide bonds. The number of rotatable bonds is 1. The van der Waals surface area contributed by atoms with Crippen molar-refractivity contribution < 1.29 is 4.79 Å². The highest BCUT2D eigenvalue weighted by Gasteiger charge is 2.30. The average molecular weight is 291 g/mol. The Bertz CT molecular complexity index is 531. The first kappa shape index (κ1) is 15.0. The average Bonchev–Trinajstić information content (AvgIpc) is 2.89. The van der Waals surface area contributed by atoms with Crippen molar-refractivity contribution in [3.8, 4) is 11.8 Å². The minimum Gasteiger partial charge on any atom is -0.335 e. The largest absolute Gasteiger partial charge is 0.335 e. The maximum absolute atomic E-state index is 12.7. The molecule has 0 bridgehead atoms. The molecule has 0 aliphatic carbocycles. The quantitative estimate of drug-likeness (QED) is 0.792. The van der Waals surface area contributed by atoms with Gasteiger partial charge in [0.15, 0.2) is 0 Å². The van der Waals surface area contributed by atoms with Crippen molar-refractivity contribution in [1.82, 2.24) is 9.80 Å². The highest BCUT2D eigenvalue weighted by molar-refractivity contribution is 7.12. The van der Waals surface area contributed by atoms with Gasteiger partial charge in [-0.1, -0.05) is 11.8 Å². The number of nitrogens with two attached hydrogens (primary N) is 1. The number of carbonyl (C=O) groups excluding carboxylic acids is 1. The second-order valence-electron chi connectivity index (χ2n) is 5.24. The fourth-order valence-corrected chi connectivity index (χ4v) is 3.25. The Morgan fingerprint density at radius 2 is 2.10 bits per heavy atom. The summed E-state index contributed by atoms with van der Waals surface area (Å²) in [5.74, 6) is 5.89. The van der Waals surface area contributed by atoms with E-state index in [1.54, 1.807) is 0 Å². The van der Waals surface area contributed by atoms with Gasteiger partial charge >= 0.3 is 0 Å². The Labute approximate surface area is 124 Å². The van der Waals surface area contributed by atoms with Crippen LogP contribution in [-0.2, 0) is 0 Å². The maximum atomic E-state index is 12.7. The first-order chi connectivity index (χ1) is 9.54. The molecule has 2 rings (SSSR count). The Balaban J connectivity index is 2.18. The number of thiophene rings is 1. The van der Waals surface area contributed by atoms with E-state index in [1.165, 1.54) is 11.3 Å². The van der Waals surface area contributed by atoms with Crippen LogP contribution < -0.4 is 5.73 Å². The van der Waals surface area contributed by atoms with Gasteiger partial charge in [0.1, 0.15) is 4.88 Å². The molecule has 1 saturated heterocycles. The summed E-state index contributed by atoms with van der Waals surface area (Å²) in [6.07, 6.45) is 0. The first-order valence-electron chi connectivity index (χ1n) is 6.82. The van der Waals surface area contributed by atoms with E-state index in [-0.39, 0.29) is 5.91 Å². The van der Waals surface area contributed by atoms with Gasteiger partial charge < -0.3 is 10.6 Å². The molecule has 1 aliphatic rings. The predicted octanol–water partition coefficient (Wildman–Crippen LogP) is 1.22. The van der Waals surface area contributed by atoms with Gasteiger partial charge in [-0.3, -0.25) is 9.69 Å². The normalized spacial score (nSPS) is 23.3. The molecule has 20 heavy (non-hydrogen) atoms. The minimum absolute atomic E-state index is 0.0909. The Kier molecular flexibility index (Phi) is 4.81. The number of nitrogens with zero attached hydrogens (tertiary/aromatic N) is 2. The van der Waals surface area contributed by atoms with Gasteiger partial charge in [-0.25, -0.2) is 0 Å². The van der Waals surface area contributed by atoms with Gasteiger partial charge in [-0.05, 0) is 32.3 Å². The molecule has 4 nitrogen and oxygen atoms in total. The molecule has 0 spiro atoms. The highest BCUT2D eigenvalue weighted by atomic mass is 32.1. The summed E-state index contributed by atoms with van der Waals surface area (Å²) in [5.41, 5.74) is 6.19. The molecule has 108 valence electrons. The lowest BCUT2D eigenvalue weighted by molar-refractivity contribution is 0.0418. The summed E-state index contributed by atoms with van der Waals surface area (Å²) in [5, 5.41) is 1.91. The SMILES string of the molecule is CC1CN(C(=O)c2sccc2C#CCN)CC(C)N1C. The molecule has 1 aromatic rings. The van der Waals surface area contributed by atoms with Crippen molar-refractivity contribution in [3.63, 3.8) is 0 Å². The molecule has 1 fully saturated rings. The summed E-state index contributed by atoms with van der Waals surface area (Å²) < 4.78 is 0. The van der Waals surface area contributed by atoms with E-state index in [9.17, 15) is 4.79 Å². The number of hydrogen-bond donors (Lipinski definition) is 1. The van der Waals surface area contributed by atoms with Gasteiger partial charge in [0.2, 0.25) is 0 Å². The molecular formula is C15H21N3OS. The van der Waals surface area contributed by atoms with Crippen molar-refractivity contribution in [1.29, 1.82) is 0 Å². The third kappa shape index (κ3) is 3.04. The van der Waals surface area contributed by atoms with Gasteiger partial charge in [-0.2, -0.15) is 0 Å². The van der Waals surface area contributed by atoms with Crippen LogP contribution in [0.25, 0.3) is 0 Å². The lowest BCUT2D eigenvalue weighted by atomic mass is 10.1. The predicted molar refractivity (Wildman–Crippen MR) is 82.8 cm³/mol. The monoisotopic (exact) mass is 291 g/mol. The molecule has 2 heterocycles. The van der Waals surface area contributed by atoms with E-state index in [1.807, 2.05) is 16.3 Å². The van der Waals surface area contributed by atoms with Crippen molar-refractivity contribution >= 4 is 17.2 Å². The van der Waals surface area contributed by atoms with E-state index >= 15 is 0 Å². The van der Waals surface area contributed by atoms with Crippen molar-refractivity contribution in [2.75, 3.05) is 26.7 Å². The van der Waals surface area contributed by atoms with Crippen LogP contribution >= 0.6 is 11.3 Å². The molecule has 2 atom stereocenters. The Morgan fingerprint density at radius 3 is 2.70 bits per heavy atom. The van der Waals surface area contributed by atoms with Crippen LogP contribution in [0.5, 0.6) is 0 Å². The van der Waals surface area contributed by atoms with Gasteiger partial charge in [0, 0.05) is 30.7 Å².